The molecule has 2 aromatic carbocycles. The van der Waals surface area contributed by atoms with Gasteiger partial charge in [0.2, 0.25) is 0 Å². The predicted octanol–water partition coefficient (Wildman–Crippen LogP) is 6.31. The number of ether oxygens (including phenoxy) is 1. The molecular formula is C20H19BrO2S. The van der Waals surface area contributed by atoms with Crippen molar-refractivity contribution in [2.24, 2.45) is 0 Å². The van der Waals surface area contributed by atoms with Crippen molar-refractivity contribution in [3.63, 3.8) is 0 Å². The first-order valence-corrected chi connectivity index (χ1v) is 9.24. The lowest BCUT2D eigenvalue weighted by Crippen LogP contribution is -2.09. The van der Waals surface area contributed by atoms with Crippen LogP contribution < -0.4 is 0 Å². The van der Waals surface area contributed by atoms with Gasteiger partial charge in [-0.3, -0.25) is 4.79 Å². The Bertz CT molecular complexity index is 725. The highest BCUT2D eigenvalue weighted by molar-refractivity contribution is 9.10. The number of allylic oxidation sites excluding steroid dienone is 2. The SMILES string of the molecule is C=CCC(/C(=C/Sc1ccccc1)OC(C)=O)c1ccccc1Br. The van der Waals surface area contributed by atoms with Gasteiger partial charge in [-0.05, 0) is 30.2 Å². The zero-order chi connectivity index (χ0) is 17.4. The van der Waals surface area contributed by atoms with E-state index in [-0.39, 0.29) is 11.9 Å². The summed E-state index contributed by atoms with van der Waals surface area (Å²) in [7, 11) is 0. The summed E-state index contributed by atoms with van der Waals surface area (Å²) in [5.41, 5.74) is 1.07. The van der Waals surface area contributed by atoms with Gasteiger partial charge in [-0.2, -0.15) is 0 Å². The third-order valence-electron chi connectivity index (χ3n) is 3.34. The molecule has 4 heteroatoms. The van der Waals surface area contributed by atoms with Gasteiger partial charge >= 0.3 is 5.97 Å². The monoisotopic (exact) mass is 402 g/mol. The molecule has 0 aromatic heterocycles. The van der Waals surface area contributed by atoms with Crippen LogP contribution in [0.4, 0.5) is 0 Å². The third-order valence-corrected chi connectivity index (χ3v) is 4.96. The molecule has 1 atom stereocenters. The van der Waals surface area contributed by atoms with Crippen LogP contribution in [0.2, 0.25) is 0 Å². The number of halogens is 1. The van der Waals surface area contributed by atoms with Crippen LogP contribution in [0.25, 0.3) is 0 Å². The Hall–Kier alpha value is -1.78. The average Bonchev–Trinajstić information content (AvgIpc) is 2.58. The molecule has 2 aromatic rings. The summed E-state index contributed by atoms with van der Waals surface area (Å²) >= 11 is 5.13. The molecule has 24 heavy (non-hydrogen) atoms. The highest BCUT2D eigenvalue weighted by Crippen LogP contribution is 2.36. The standard InChI is InChI=1S/C20H19BrO2S/c1-3-9-18(17-12-7-8-13-19(17)21)20(23-15(2)22)14-24-16-10-5-4-6-11-16/h3-8,10-14,18H,1,9H2,2H3/b20-14-. The number of esters is 1. The Balaban J connectivity index is 2.36. The Morgan fingerprint density at radius 1 is 1.21 bits per heavy atom. The zero-order valence-electron chi connectivity index (χ0n) is 13.4. The highest BCUT2D eigenvalue weighted by Gasteiger charge is 2.21. The van der Waals surface area contributed by atoms with Crippen molar-refractivity contribution in [2.75, 3.05) is 0 Å². The Morgan fingerprint density at radius 2 is 1.88 bits per heavy atom. The molecule has 2 nitrogen and oxygen atoms in total. The number of rotatable bonds is 7. The van der Waals surface area contributed by atoms with E-state index < -0.39 is 0 Å². The lowest BCUT2D eigenvalue weighted by Gasteiger charge is -2.20. The summed E-state index contributed by atoms with van der Waals surface area (Å²) < 4.78 is 6.51. The van der Waals surface area contributed by atoms with E-state index in [0.29, 0.717) is 12.2 Å². The summed E-state index contributed by atoms with van der Waals surface area (Å²) in [5.74, 6) is 0.234. The van der Waals surface area contributed by atoms with Crippen molar-refractivity contribution < 1.29 is 9.53 Å². The van der Waals surface area contributed by atoms with Gasteiger partial charge in [0.1, 0.15) is 5.76 Å². The lowest BCUT2D eigenvalue weighted by atomic mass is 9.94. The quantitative estimate of drug-likeness (QED) is 0.235. The molecule has 124 valence electrons. The highest BCUT2D eigenvalue weighted by atomic mass is 79.9. The van der Waals surface area contributed by atoms with Gasteiger partial charge in [0, 0.05) is 27.6 Å². The van der Waals surface area contributed by atoms with Crippen molar-refractivity contribution in [3.8, 4) is 0 Å². The van der Waals surface area contributed by atoms with Crippen molar-refractivity contribution in [3.05, 3.63) is 88.5 Å². The third kappa shape index (κ3) is 5.39. The number of thioether (sulfide) groups is 1. The number of carbonyl (C=O) groups excluding carboxylic acids is 1. The van der Waals surface area contributed by atoms with E-state index in [1.165, 1.54) is 18.7 Å². The molecule has 0 saturated heterocycles. The predicted molar refractivity (Wildman–Crippen MR) is 104 cm³/mol. The van der Waals surface area contributed by atoms with E-state index in [0.717, 1.165) is 14.9 Å². The number of hydrogen-bond donors (Lipinski definition) is 0. The minimum Gasteiger partial charge on any atom is -0.430 e. The van der Waals surface area contributed by atoms with Gasteiger partial charge in [0.05, 0.1) is 0 Å². The van der Waals surface area contributed by atoms with Crippen LogP contribution in [0.5, 0.6) is 0 Å². The van der Waals surface area contributed by atoms with Gasteiger partial charge in [-0.15, -0.1) is 6.58 Å². The van der Waals surface area contributed by atoms with Crippen LogP contribution in [0.15, 0.2) is 87.8 Å². The topological polar surface area (TPSA) is 26.3 Å². The number of hydrogen-bond acceptors (Lipinski definition) is 3. The molecule has 0 aliphatic carbocycles. The summed E-state index contributed by atoms with van der Waals surface area (Å²) in [6.45, 7) is 5.27. The van der Waals surface area contributed by atoms with E-state index in [4.69, 9.17) is 4.74 Å². The molecule has 0 spiro atoms. The molecular weight excluding hydrogens is 384 g/mol. The fourth-order valence-corrected chi connectivity index (χ4v) is 3.63. The molecule has 0 radical (unpaired) electrons. The summed E-state index contributed by atoms with van der Waals surface area (Å²) in [4.78, 5) is 12.7. The van der Waals surface area contributed by atoms with Crippen LogP contribution in [-0.2, 0) is 9.53 Å². The summed E-state index contributed by atoms with van der Waals surface area (Å²) in [6.07, 6.45) is 2.52. The van der Waals surface area contributed by atoms with Crippen LogP contribution >= 0.6 is 27.7 Å². The molecule has 0 amide bonds. The number of carbonyl (C=O) groups is 1. The maximum atomic E-state index is 11.6. The minimum absolute atomic E-state index is 0.0711. The fourth-order valence-electron chi connectivity index (χ4n) is 2.29. The largest absolute Gasteiger partial charge is 0.430 e. The normalized spacial score (nSPS) is 12.5. The second-order valence-corrected chi connectivity index (χ2v) is 6.94. The molecule has 0 N–H and O–H groups in total. The maximum Gasteiger partial charge on any atom is 0.307 e. The fraction of sp³-hybridized carbons (Fsp3) is 0.150. The van der Waals surface area contributed by atoms with Gasteiger partial charge in [-0.1, -0.05) is 70.2 Å². The number of benzene rings is 2. The van der Waals surface area contributed by atoms with Crippen LogP contribution in [0.3, 0.4) is 0 Å². The Kier molecular flexibility index (Phi) is 7.35. The molecule has 0 bridgehead atoms. The first-order valence-electron chi connectivity index (χ1n) is 7.57. The van der Waals surface area contributed by atoms with Gasteiger partial charge < -0.3 is 4.74 Å². The van der Waals surface area contributed by atoms with Gasteiger partial charge in [0.15, 0.2) is 0 Å². The first-order chi connectivity index (χ1) is 11.6. The second kappa shape index (κ2) is 9.50. The average molecular weight is 403 g/mol. The van der Waals surface area contributed by atoms with E-state index in [1.807, 2.05) is 66.1 Å². The molecule has 0 aliphatic rings. The van der Waals surface area contributed by atoms with Crippen molar-refractivity contribution in [2.45, 2.75) is 24.2 Å². The summed E-state index contributed by atoms with van der Waals surface area (Å²) in [6, 6.07) is 17.9. The van der Waals surface area contributed by atoms with Gasteiger partial charge in [0.25, 0.3) is 0 Å². The summed E-state index contributed by atoms with van der Waals surface area (Å²) in [5, 5.41) is 1.91. The van der Waals surface area contributed by atoms with Gasteiger partial charge in [-0.25, -0.2) is 0 Å². The first kappa shape index (κ1) is 18.6. The molecule has 0 heterocycles. The van der Waals surface area contributed by atoms with Crippen molar-refractivity contribution in [1.29, 1.82) is 0 Å². The van der Waals surface area contributed by atoms with Crippen LogP contribution in [-0.4, -0.2) is 5.97 Å². The van der Waals surface area contributed by atoms with E-state index in [1.54, 1.807) is 0 Å². The second-order valence-electron chi connectivity index (χ2n) is 5.14. The lowest BCUT2D eigenvalue weighted by molar-refractivity contribution is -0.137. The smallest absolute Gasteiger partial charge is 0.307 e. The minimum atomic E-state index is -0.323. The zero-order valence-corrected chi connectivity index (χ0v) is 15.8. The molecule has 0 aliphatic heterocycles. The molecule has 0 saturated carbocycles. The molecule has 2 rings (SSSR count). The molecule has 1 unspecified atom stereocenters. The Labute approximate surface area is 155 Å². The van der Waals surface area contributed by atoms with Crippen molar-refractivity contribution in [1.82, 2.24) is 0 Å². The molecule has 0 fully saturated rings. The maximum absolute atomic E-state index is 11.6. The Morgan fingerprint density at radius 3 is 2.50 bits per heavy atom. The van der Waals surface area contributed by atoms with E-state index >= 15 is 0 Å². The van der Waals surface area contributed by atoms with Crippen LogP contribution in [0, 0.1) is 0 Å². The van der Waals surface area contributed by atoms with Crippen molar-refractivity contribution >= 4 is 33.7 Å². The van der Waals surface area contributed by atoms with E-state index in [9.17, 15) is 4.79 Å². The van der Waals surface area contributed by atoms with Crippen LogP contribution in [0.1, 0.15) is 24.8 Å². The van der Waals surface area contributed by atoms with E-state index in [2.05, 4.69) is 22.5 Å².